The quantitative estimate of drug-likeness (QED) is 0.318. The summed E-state index contributed by atoms with van der Waals surface area (Å²) in [5, 5.41) is 15.7. The molecule has 0 atom stereocenters. The molecular weight excluding hydrogens is 358 g/mol. The number of hydrogen-bond acceptors (Lipinski definition) is 4. The molecule has 5 aromatic rings. The summed E-state index contributed by atoms with van der Waals surface area (Å²) in [5.74, 6) is 0.322. The Bertz CT molecular complexity index is 1040. The highest BCUT2D eigenvalue weighted by Gasteiger charge is 1.96. The van der Waals surface area contributed by atoms with E-state index < -0.39 is 0 Å². The third kappa shape index (κ3) is 4.91. The van der Waals surface area contributed by atoms with Gasteiger partial charge in [0.15, 0.2) is 0 Å². The minimum absolute atomic E-state index is 0.322. The van der Waals surface area contributed by atoms with Crippen molar-refractivity contribution in [3.05, 3.63) is 94.6 Å². The van der Waals surface area contributed by atoms with Crippen molar-refractivity contribution in [1.82, 2.24) is 4.98 Å². The van der Waals surface area contributed by atoms with Gasteiger partial charge in [-0.25, -0.2) is 4.98 Å². The van der Waals surface area contributed by atoms with Crippen LogP contribution in [0.3, 0.4) is 0 Å². The first-order valence-corrected chi connectivity index (χ1v) is 10.00. The number of aryl methyl sites for hydroxylation is 1. The fraction of sp³-hybridized carbons (Fsp3) is 0.0455. The Morgan fingerprint density at radius 1 is 0.769 bits per heavy atom. The number of thiophene rings is 1. The predicted molar refractivity (Wildman–Crippen MR) is 114 cm³/mol. The molecule has 26 heavy (non-hydrogen) atoms. The molecule has 3 aromatic carbocycles. The molecule has 0 unspecified atom stereocenters. The number of aromatic hydroxyl groups is 1. The van der Waals surface area contributed by atoms with E-state index in [0.717, 1.165) is 5.52 Å². The molecule has 0 saturated heterocycles. The molecule has 0 radical (unpaired) electrons. The standard InChI is InChI=1S/C8H7NS.C8H6S.C6H6O/c1-6-3-2-4-7-8(6)9-5-10-7;1-2-4-8-6-9-5-7(8)3-1;7-6-4-2-1-3-5-6/h2-5H,1H3;1-6H;1-5,7H. The molecule has 0 saturated carbocycles. The average Bonchev–Trinajstić information content (AvgIpc) is 3.33. The van der Waals surface area contributed by atoms with E-state index in [-0.39, 0.29) is 0 Å². The first-order valence-electron chi connectivity index (χ1n) is 8.18. The summed E-state index contributed by atoms with van der Waals surface area (Å²) >= 11 is 3.44. The van der Waals surface area contributed by atoms with Crippen LogP contribution in [0.1, 0.15) is 5.56 Å². The summed E-state index contributed by atoms with van der Waals surface area (Å²) in [4.78, 5) is 4.24. The molecule has 130 valence electrons. The molecule has 0 aliphatic heterocycles. The summed E-state index contributed by atoms with van der Waals surface area (Å²) in [6.07, 6.45) is 0. The fourth-order valence-electron chi connectivity index (χ4n) is 2.36. The van der Waals surface area contributed by atoms with Crippen molar-refractivity contribution in [3.8, 4) is 5.75 Å². The van der Waals surface area contributed by atoms with E-state index in [1.807, 2.05) is 11.6 Å². The Labute approximate surface area is 161 Å². The number of aromatic nitrogens is 1. The van der Waals surface area contributed by atoms with E-state index in [2.05, 4.69) is 65.1 Å². The number of thiazole rings is 1. The third-order valence-electron chi connectivity index (χ3n) is 3.70. The second-order valence-corrected chi connectivity index (χ2v) is 7.24. The van der Waals surface area contributed by atoms with Gasteiger partial charge in [-0.3, -0.25) is 0 Å². The Morgan fingerprint density at radius 3 is 2.00 bits per heavy atom. The van der Waals surface area contributed by atoms with Gasteiger partial charge in [0, 0.05) is 0 Å². The highest BCUT2D eigenvalue weighted by atomic mass is 32.1. The van der Waals surface area contributed by atoms with Gasteiger partial charge in [0.2, 0.25) is 0 Å². The zero-order valence-corrected chi connectivity index (χ0v) is 16.0. The van der Waals surface area contributed by atoms with Crippen LogP contribution in [0.25, 0.3) is 21.0 Å². The Morgan fingerprint density at radius 2 is 1.42 bits per heavy atom. The molecule has 2 heterocycles. The van der Waals surface area contributed by atoms with Crippen LogP contribution in [0.4, 0.5) is 0 Å². The van der Waals surface area contributed by atoms with Crippen LogP contribution in [0.15, 0.2) is 89.1 Å². The molecule has 0 aliphatic carbocycles. The highest BCUT2D eigenvalue weighted by Crippen LogP contribution is 2.19. The number of fused-ring (bicyclic) bond motifs is 2. The van der Waals surface area contributed by atoms with Gasteiger partial charge in [-0.15, -0.1) is 11.3 Å². The molecule has 0 spiro atoms. The number of hydrogen-bond donors (Lipinski definition) is 1. The first kappa shape index (κ1) is 18.1. The van der Waals surface area contributed by atoms with Gasteiger partial charge in [-0.2, -0.15) is 11.3 Å². The van der Waals surface area contributed by atoms with Crippen LogP contribution >= 0.6 is 22.7 Å². The van der Waals surface area contributed by atoms with Crippen molar-refractivity contribution in [3.63, 3.8) is 0 Å². The molecule has 0 aliphatic rings. The van der Waals surface area contributed by atoms with Gasteiger partial charge in [0.05, 0.1) is 15.7 Å². The maximum absolute atomic E-state index is 8.63. The minimum atomic E-state index is 0.322. The number of phenols is 1. The van der Waals surface area contributed by atoms with E-state index in [4.69, 9.17) is 5.11 Å². The Hall–Kier alpha value is -2.69. The zero-order chi connectivity index (χ0) is 18.2. The van der Waals surface area contributed by atoms with Gasteiger partial charge >= 0.3 is 0 Å². The van der Waals surface area contributed by atoms with Crippen molar-refractivity contribution < 1.29 is 5.11 Å². The monoisotopic (exact) mass is 377 g/mol. The van der Waals surface area contributed by atoms with Crippen molar-refractivity contribution >= 4 is 43.7 Å². The number of phenolic OH excluding ortho intramolecular Hbond substituents is 1. The van der Waals surface area contributed by atoms with Crippen molar-refractivity contribution in [2.75, 3.05) is 0 Å². The molecule has 2 aromatic heterocycles. The maximum atomic E-state index is 8.63. The summed E-state index contributed by atoms with van der Waals surface area (Å²) < 4.78 is 1.28. The normalized spacial score (nSPS) is 9.88. The second kappa shape index (κ2) is 9.13. The second-order valence-electron chi connectivity index (χ2n) is 5.61. The summed E-state index contributed by atoms with van der Waals surface area (Å²) in [5.41, 5.74) is 4.30. The third-order valence-corrected chi connectivity index (χ3v) is 5.28. The molecule has 5 rings (SSSR count). The Kier molecular flexibility index (Phi) is 6.36. The predicted octanol–water partition coefficient (Wildman–Crippen LogP) is 6.90. The van der Waals surface area contributed by atoms with Crippen LogP contribution in [0, 0.1) is 6.92 Å². The van der Waals surface area contributed by atoms with E-state index in [1.54, 1.807) is 46.9 Å². The molecule has 2 nitrogen and oxygen atoms in total. The van der Waals surface area contributed by atoms with Crippen LogP contribution in [0.5, 0.6) is 5.75 Å². The highest BCUT2D eigenvalue weighted by molar-refractivity contribution is 7.16. The Balaban J connectivity index is 0.000000115. The molecule has 0 fully saturated rings. The van der Waals surface area contributed by atoms with Crippen molar-refractivity contribution in [1.29, 1.82) is 0 Å². The lowest BCUT2D eigenvalue weighted by Gasteiger charge is -1.90. The lowest BCUT2D eigenvalue weighted by molar-refractivity contribution is 0.475. The average molecular weight is 378 g/mol. The molecule has 4 heteroatoms. The SMILES string of the molecule is Cc1cccc2scnc12.Oc1ccccc1.c1ccc2cscc2c1. The van der Waals surface area contributed by atoms with Crippen LogP contribution in [0.2, 0.25) is 0 Å². The van der Waals surface area contributed by atoms with Crippen molar-refractivity contribution in [2.24, 2.45) is 0 Å². The van der Waals surface area contributed by atoms with E-state index in [1.165, 1.54) is 21.0 Å². The van der Waals surface area contributed by atoms with Gasteiger partial charge < -0.3 is 5.11 Å². The number of benzene rings is 3. The van der Waals surface area contributed by atoms with Gasteiger partial charge in [0.1, 0.15) is 5.75 Å². The zero-order valence-electron chi connectivity index (χ0n) is 14.4. The largest absolute Gasteiger partial charge is 0.508 e. The van der Waals surface area contributed by atoms with Gasteiger partial charge in [0.25, 0.3) is 0 Å². The van der Waals surface area contributed by atoms with E-state index >= 15 is 0 Å². The molecule has 0 amide bonds. The van der Waals surface area contributed by atoms with Crippen molar-refractivity contribution in [2.45, 2.75) is 6.92 Å². The smallest absolute Gasteiger partial charge is 0.115 e. The summed E-state index contributed by atoms with van der Waals surface area (Å²) in [6, 6.07) is 23.4. The van der Waals surface area contributed by atoms with Crippen LogP contribution in [-0.2, 0) is 0 Å². The van der Waals surface area contributed by atoms with Gasteiger partial charge in [-0.1, -0.05) is 54.6 Å². The number of para-hydroxylation sites is 2. The molecule has 1 N–H and O–H groups in total. The van der Waals surface area contributed by atoms with Crippen LogP contribution < -0.4 is 0 Å². The molecule has 0 bridgehead atoms. The summed E-state index contributed by atoms with van der Waals surface area (Å²) in [6.45, 7) is 2.09. The van der Waals surface area contributed by atoms with Gasteiger partial charge in [-0.05, 0) is 52.2 Å². The van der Waals surface area contributed by atoms with E-state index in [9.17, 15) is 0 Å². The maximum Gasteiger partial charge on any atom is 0.115 e. The first-order chi connectivity index (χ1) is 12.7. The number of nitrogens with zero attached hydrogens (tertiary/aromatic N) is 1. The lowest BCUT2D eigenvalue weighted by atomic mass is 10.2. The number of rotatable bonds is 0. The van der Waals surface area contributed by atoms with E-state index in [0.29, 0.717) is 5.75 Å². The fourth-order valence-corrected chi connectivity index (χ4v) is 3.91. The minimum Gasteiger partial charge on any atom is -0.508 e. The summed E-state index contributed by atoms with van der Waals surface area (Å²) in [7, 11) is 0. The van der Waals surface area contributed by atoms with Crippen LogP contribution in [-0.4, -0.2) is 10.1 Å². The topological polar surface area (TPSA) is 33.1 Å². The molecular formula is C22H19NOS2. The lowest BCUT2D eigenvalue weighted by Crippen LogP contribution is -1.72.